The number of hydrogen-bond donors (Lipinski definition) is 2. The summed E-state index contributed by atoms with van der Waals surface area (Å²) in [5.74, 6) is -0.632. The molecule has 0 fully saturated rings. The monoisotopic (exact) mass is 414 g/mol. The average molecular weight is 415 g/mol. The van der Waals surface area contributed by atoms with Crippen molar-refractivity contribution < 1.29 is 10.0 Å². The fourth-order valence-electron chi connectivity index (χ4n) is 2.72. The molecule has 29 heavy (non-hydrogen) atoms. The molecule has 0 bridgehead atoms. The molecular weight excluding hydrogens is 400 g/mol. The molecule has 1 aromatic heterocycles. The molecule has 148 valence electrons. The van der Waals surface area contributed by atoms with E-state index in [2.05, 4.69) is 9.98 Å². The molecule has 0 unspecified atom stereocenters. The highest BCUT2D eigenvalue weighted by molar-refractivity contribution is 6.30. The van der Waals surface area contributed by atoms with E-state index in [1.165, 1.54) is 12.1 Å². The van der Waals surface area contributed by atoms with Gasteiger partial charge in [-0.1, -0.05) is 23.7 Å². The Morgan fingerprint density at radius 3 is 2.62 bits per heavy atom. The molecule has 2 N–H and O–H groups in total. The zero-order valence-electron chi connectivity index (χ0n) is 15.3. The van der Waals surface area contributed by atoms with Gasteiger partial charge in [0.2, 0.25) is 5.88 Å². The van der Waals surface area contributed by atoms with Crippen LogP contribution in [-0.4, -0.2) is 25.8 Å². The van der Waals surface area contributed by atoms with E-state index < -0.39 is 22.1 Å². The number of rotatable bonds is 4. The molecule has 0 radical (unpaired) electrons. The first-order valence-corrected chi connectivity index (χ1v) is 8.70. The number of aromatic amines is 1. The molecule has 1 heterocycles. The zero-order chi connectivity index (χ0) is 21.3. The number of aryl methyl sites for hydroxylation is 2. The van der Waals surface area contributed by atoms with Crippen LogP contribution in [0.5, 0.6) is 5.88 Å². The quantitative estimate of drug-likeness (QED) is 0.384. The van der Waals surface area contributed by atoms with E-state index in [-0.39, 0.29) is 22.0 Å². The van der Waals surface area contributed by atoms with Crippen molar-refractivity contribution in [1.29, 1.82) is 0 Å². The van der Waals surface area contributed by atoms with Gasteiger partial charge in [0, 0.05) is 17.3 Å². The number of nitrogens with one attached hydrogen (secondary N) is 1. The van der Waals surface area contributed by atoms with Gasteiger partial charge in [0.1, 0.15) is 11.3 Å². The molecular formula is C19H15ClN4O5. The van der Waals surface area contributed by atoms with Crippen molar-refractivity contribution in [2.24, 2.45) is 4.99 Å². The van der Waals surface area contributed by atoms with Crippen molar-refractivity contribution in [3.8, 4) is 11.6 Å². The lowest BCUT2D eigenvalue weighted by Gasteiger charge is -2.12. The fraction of sp³-hybridized carbons (Fsp3) is 0.105. The third kappa shape index (κ3) is 3.94. The summed E-state index contributed by atoms with van der Waals surface area (Å²) in [5, 5.41) is 22.0. The number of nitrogens with zero attached hydrogens (tertiary/aromatic N) is 3. The summed E-state index contributed by atoms with van der Waals surface area (Å²) in [6.07, 6.45) is 0.964. The summed E-state index contributed by atoms with van der Waals surface area (Å²) in [6, 6.07) is 9.13. The summed E-state index contributed by atoms with van der Waals surface area (Å²) in [4.78, 5) is 41.1. The van der Waals surface area contributed by atoms with Crippen LogP contribution in [0.3, 0.4) is 0 Å². The molecule has 3 aromatic rings. The predicted molar refractivity (Wildman–Crippen MR) is 109 cm³/mol. The summed E-state index contributed by atoms with van der Waals surface area (Å²) in [5.41, 5.74) is -0.544. The van der Waals surface area contributed by atoms with Crippen molar-refractivity contribution in [2.45, 2.75) is 13.8 Å². The van der Waals surface area contributed by atoms with E-state index in [1.54, 1.807) is 19.1 Å². The second-order valence-corrected chi connectivity index (χ2v) is 6.71. The topological polar surface area (TPSA) is 131 Å². The first-order valence-electron chi connectivity index (χ1n) is 8.33. The molecule has 0 saturated carbocycles. The Morgan fingerprint density at radius 2 is 1.93 bits per heavy atom. The number of nitro benzene ring substituents is 1. The molecule has 0 amide bonds. The zero-order valence-corrected chi connectivity index (χ0v) is 16.1. The number of aromatic hydroxyl groups is 1. The molecule has 0 spiro atoms. The number of halogens is 1. The van der Waals surface area contributed by atoms with Crippen LogP contribution in [0.25, 0.3) is 5.69 Å². The number of hydrogen-bond acceptors (Lipinski definition) is 6. The van der Waals surface area contributed by atoms with Crippen molar-refractivity contribution in [2.75, 3.05) is 0 Å². The third-order valence-electron chi connectivity index (χ3n) is 4.19. The molecule has 0 aliphatic heterocycles. The highest BCUT2D eigenvalue weighted by Crippen LogP contribution is 2.30. The smallest absolute Gasteiger partial charge is 0.335 e. The number of nitro groups is 1. The number of aliphatic imine (C=N–C) groups is 1. The Kier molecular flexibility index (Phi) is 5.33. The van der Waals surface area contributed by atoms with Crippen molar-refractivity contribution in [3.63, 3.8) is 0 Å². The second-order valence-electron chi connectivity index (χ2n) is 6.27. The van der Waals surface area contributed by atoms with Gasteiger partial charge in [0.25, 0.3) is 11.2 Å². The highest BCUT2D eigenvalue weighted by Gasteiger charge is 2.17. The van der Waals surface area contributed by atoms with Crippen molar-refractivity contribution in [3.05, 3.63) is 89.1 Å². The number of H-pyrrole nitrogens is 1. The molecule has 0 aliphatic rings. The lowest BCUT2D eigenvalue weighted by Crippen LogP contribution is -2.31. The van der Waals surface area contributed by atoms with Gasteiger partial charge < -0.3 is 5.11 Å². The molecule has 10 heteroatoms. The average Bonchev–Trinajstić information content (AvgIpc) is 2.64. The number of aromatic nitrogens is 2. The van der Waals surface area contributed by atoms with Crippen LogP contribution in [0.2, 0.25) is 5.02 Å². The largest absolute Gasteiger partial charge is 0.493 e. The van der Waals surface area contributed by atoms with Crippen molar-refractivity contribution >= 4 is 29.2 Å². The highest BCUT2D eigenvalue weighted by atomic mass is 35.5. The van der Waals surface area contributed by atoms with E-state index >= 15 is 0 Å². The normalized spacial score (nSPS) is 11.1. The van der Waals surface area contributed by atoms with Gasteiger partial charge >= 0.3 is 5.69 Å². The second kappa shape index (κ2) is 7.72. The maximum atomic E-state index is 12.3. The van der Waals surface area contributed by atoms with Crippen LogP contribution in [-0.2, 0) is 0 Å². The Morgan fingerprint density at radius 1 is 1.21 bits per heavy atom. The van der Waals surface area contributed by atoms with Crippen LogP contribution in [0.4, 0.5) is 11.4 Å². The molecule has 9 nitrogen and oxygen atoms in total. The van der Waals surface area contributed by atoms with Gasteiger partial charge in [-0.15, -0.1) is 0 Å². The minimum atomic E-state index is -0.880. The van der Waals surface area contributed by atoms with Crippen molar-refractivity contribution in [1.82, 2.24) is 9.55 Å². The summed E-state index contributed by atoms with van der Waals surface area (Å²) in [7, 11) is 0. The van der Waals surface area contributed by atoms with Crippen LogP contribution < -0.4 is 11.2 Å². The molecule has 2 aromatic carbocycles. The van der Waals surface area contributed by atoms with Gasteiger partial charge in [-0.3, -0.25) is 19.9 Å². The standard InChI is InChI=1S/C19H15ClN4O5/c1-10-3-4-11(2)15(7-10)23-18(26)13(17(25)22-19(23)27)9-21-14-6-5-12(20)8-16(14)24(28)29/h3-9,26H,1-2H3,(H,22,25,27). The van der Waals surface area contributed by atoms with Crippen LogP contribution in [0.15, 0.2) is 51.0 Å². The summed E-state index contributed by atoms with van der Waals surface area (Å²) < 4.78 is 0.946. The van der Waals surface area contributed by atoms with Gasteiger partial charge in [-0.2, -0.15) is 0 Å². The first-order chi connectivity index (χ1) is 13.7. The summed E-state index contributed by atoms with van der Waals surface area (Å²) >= 11 is 5.77. The minimum absolute atomic E-state index is 0.0670. The third-order valence-corrected chi connectivity index (χ3v) is 4.43. The minimum Gasteiger partial charge on any atom is -0.493 e. The summed E-state index contributed by atoms with van der Waals surface area (Å²) in [6.45, 7) is 3.56. The first kappa shape index (κ1) is 20.0. The SMILES string of the molecule is Cc1ccc(C)c(-n2c(O)c(C=Nc3ccc(Cl)cc3[N+](=O)[O-])c(=O)[nH]c2=O)c1. The maximum Gasteiger partial charge on any atom is 0.335 e. The van der Waals surface area contributed by atoms with Crippen LogP contribution >= 0.6 is 11.6 Å². The fourth-order valence-corrected chi connectivity index (χ4v) is 2.89. The Balaban J connectivity index is 2.19. The van der Waals surface area contributed by atoms with E-state index in [0.29, 0.717) is 11.3 Å². The van der Waals surface area contributed by atoms with Crippen LogP contribution in [0, 0.1) is 24.0 Å². The Bertz CT molecular complexity index is 1280. The van der Waals surface area contributed by atoms with Gasteiger partial charge in [-0.25, -0.2) is 14.4 Å². The van der Waals surface area contributed by atoms with E-state index in [0.717, 1.165) is 22.4 Å². The van der Waals surface area contributed by atoms with E-state index in [9.17, 15) is 24.8 Å². The number of benzene rings is 2. The molecule has 0 aliphatic carbocycles. The molecule has 0 atom stereocenters. The van der Waals surface area contributed by atoms with E-state index in [1.807, 2.05) is 13.0 Å². The molecule has 0 saturated heterocycles. The van der Waals surface area contributed by atoms with Gasteiger partial charge in [0.15, 0.2) is 0 Å². The maximum absolute atomic E-state index is 12.3. The Labute approximate surface area is 168 Å². The predicted octanol–water partition coefficient (Wildman–Crippen LogP) is 3.16. The van der Waals surface area contributed by atoms with E-state index in [4.69, 9.17) is 11.6 Å². The molecule has 3 rings (SSSR count). The van der Waals surface area contributed by atoms with Crippen LogP contribution in [0.1, 0.15) is 16.7 Å². The lowest BCUT2D eigenvalue weighted by atomic mass is 10.1. The lowest BCUT2D eigenvalue weighted by molar-refractivity contribution is -0.384. The Hall–Kier alpha value is -3.72. The van der Waals surface area contributed by atoms with Gasteiger partial charge in [0.05, 0.1) is 10.6 Å². The van der Waals surface area contributed by atoms with Gasteiger partial charge in [-0.05, 0) is 43.2 Å².